The Hall–Kier alpha value is -1.59. The number of amides is 2. The van der Waals surface area contributed by atoms with Gasteiger partial charge in [-0.1, -0.05) is 29.8 Å². The molecule has 5 nitrogen and oxygen atoms in total. The first kappa shape index (κ1) is 15.5. The van der Waals surface area contributed by atoms with E-state index in [2.05, 4.69) is 10.1 Å². The van der Waals surface area contributed by atoms with Crippen molar-refractivity contribution in [1.29, 1.82) is 0 Å². The Labute approximate surface area is 117 Å². The van der Waals surface area contributed by atoms with Crippen molar-refractivity contribution < 1.29 is 19.6 Å². The van der Waals surface area contributed by atoms with Crippen LogP contribution in [0.2, 0.25) is 5.02 Å². The van der Waals surface area contributed by atoms with E-state index in [9.17, 15) is 9.59 Å². The summed E-state index contributed by atoms with van der Waals surface area (Å²) < 4.78 is 4.62. The molecule has 1 atom stereocenters. The van der Waals surface area contributed by atoms with Gasteiger partial charge < -0.3 is 10.1 Å². The number of carbonyl (C=O) groups excluding carboxylic acids is 2. The molecule has 1 aromatic carbocycles. The molecule has 0 radical (unpaired) electrons. The van der Waals surface area contributed by atoms with Crippen molar-refractivity contribution in [2.45, 2.75) is 19.9 Å². The zero-order valence-electron chi connectivity index (χ0n) is 11.0. The summed E-state index contributed by atoms with van der Waals surface area (Å²) in [6.45, 7) is 3.98. The largest absolute Gasteiger partial charge is 0.450 e. The molecule has 3 N–H and O–H groups in total. The Balaban J connectivity index is 2.42. The molecule has 0 saturated heterocycles. The minimum absolute atomic E-state index is 0.0293. The number of imide groups is 1. The minimum Gasteiger partial charge on any atom is -0.450 e. The van der Waals surface area contributed by atoms with Gasteiger partial charge in [-0.25, -0.2) is 4.79 Å². The Bertz CT molecular complexity index is 451. The predicted molar refractivity (Wildman–Crippen MR) is 71.8 cm³/mol. The van der Waals surface area contributed by atoms with Crippen molar-refractivity contribution in [3.05, 3.63) is 34.9 Å². The fourth-order valence-corrected chi connectivity index (χ4v) is 1.90. The number of nitrogens with two attached hydrogens (primary N) is 1. The van der Waals surface area contributed by atoms with Gasteiger partial charge in [0.2, 0.25) is 0 Å². The number of rotatable bonds is 5. The van der Waals surface area contributed by atoms with Crippen molar-refractivity contribution in [1.82, 2.24) is 5.32 Å². The second-order valence-electron chi connectivity index (χ2n) is 4.02. The van der Waals surface area contributed by atoms with Crippen LogP contribution in [0.25, 0.3) is 0 Å². The van der Waals surface area contributed by atoms with Crippen molar-refractivity contribution in [3.8, 4) is 0 Å². The summed E-state index contributed by atoms with van der Waals surface area (Å²) in [5, 5.41) is 4.60. The summed E-state index contributed by atoms with van der Waals surface area (Å²) in [5.41, 5.74) is 0.952. The molecular formula is C13H18ClN2O3+. The summed E-state index contributed by atoms with van der Waals surface area (Å²) in [4.78, 5) is 22.5. The molecule has 1 aromatic rings. The number of alkyl carbamates (subject to hydrolysis) is 1. The molecule has 2 amide bonds. The zero-order chi connectivity index (χ0) is 14.3. The highest BCUT2D eigenvalue weighted by Crippen LogP contribution is 2.19. The molecule has 0 aromatic heterocycles. The standard InChI is InChI=1S/C13H17ClN2O3/c1-3-19-13(18)16-12(17)8-15-9(2)10-6-4-5-7-11(10)14/h4-7,9,15H,3,8H2,1-2H3,(H,16,17,18)/p+1/t9-/m0/s1. The molecule has 0 spiro atoms. The van der Waals surface area contributed by atoms with Crippen molar-refractivity contribution in [3.63, 3.8) is 0 Å². The Morgan fingerprint density at radius 3 is 2.74 bits per heavy atom. The van der Waals surface area contributed by atoms with E-state index in [0.29, 0.717) is 5.02 Å². The fourth-order valence-electron chi connectivity index (χ4n) is 1.59. The third-order valence-electron chi connectivity index (χ3n) is 2.57. The first-order valence-corrected chi connectivity index (χ1v) is 6.46. The summed E-state index contributed by atoms with van der Waals surface area (Å²) >= 11 is 6.07. The summed E-state index contributed by atoms with van der Waals surface area (Å²) in [7, 11) is 0. The SMILES string of the molecule is CCOC(=O)NC(=O)C[NH2+][C@@H](C)c1ccccc1Cl. The normalized spacial score (nSPS) is 11.7. The number of carbonyl (C=O) groups is 2. The van der Waals surface area contributed by atoms with E-state index < -0.39 is 12.0 Å². The number of halogens is 1. The Morgan fingerprint density at radius 2 is 2.11 bits per heavy atom. The molecule has 6 heteroatoms. The van der Waals surface area contributed by atoms with E-state index in [1.165, 1.54) is 0 Å². The molecule has 19 heavy (non-hydrogen) atoms. The maximum absolute atomic E-state index is 11.5. The second kappa shape index (κ2) is 7.76. The van der Waals surface area contributed by atoms with E-state index in [0.717, 1.165) is 5.56 Å². The van der Waals surface area contributed by atoms with Gasteiger partial charge in [0, 0.05) is 10.6 Å². The van der Waals surface area contributed by atoms with Gasteiger partial charge in [-0.3, -0.25) is 10.1 Å². The Morgan fingerprint density at radius 1 is 1.42 bits per heavy atom. The highest BCUT2D eigenvalue weighted by Gasteiger charge is 2.15. The number of hydrogen-bond acceptors (Lipinski definition) is 3. The van der Waals surface area contributed by atoms with Crippen LogP contribution in [0, 0.1) is 0 Å². The number of nitrogens with one attached hydrogen (secondary N) is 1. The van der Waals surface area contributed by atoms with Gasteiger partial charge in [0.25, 0.3) is 5.91 Å². The van der Waals surface area contributed by atoms with E-state index in [1.807, 2.05) is 25.1 Å². The average Bonchev–Trinajstić information content (AvgIpc) is 2.36. The highest BCUT2D eigenvalue weighted by molar-refractivity contribution is 6.31. The van der Waals surface area contributed by atoms with Crippen LogP contribution >= 0.6 is 11.6 Å². The van der Waals surface area contributed by atoms with Gasteiger partial charge in [-0.2, -0.15) is 0 Å². The lowest BCUT2D eigenvalue weighted by Crippen LogP contribution is -2.87. The molecule has 104 valence electrons. The third-order valence-corrected chi connectivity index (χ3v) is 2.91. The average molecular weight is 286 g/mol. The lowest BCUT2D eigenvalue weighted by atomic mass is 10.1. The minimum atomic E-state index is -0.716. The molecule has 0 unspecified atom stereocenters. The predicted octanol–water partition coefficient (Wildman–Crippen LogP) is 1.24. The van der Waals surface area contributed by atoms with Crippen LogP contribution in [-0.2, 0) is 9.53 Å². The number of ether oxygens (including phenoxy) is 1. The molecule has 0 heterocycles. The van der Waals surface area contributed by atoms with Crippen LogP contribution in [0.3, 0.4) is 0 Å². The van der Waals surface area contributed by atoms with E-state index >= 15 is 0 Å². The van der Waals surface area contributed by atoms with Crippen LogP contribution in [0.5, 0.6) is 0 Å². The number of hydrogen-bond donors (Lipinski definition) is 2. The van der Waals surface area contributed by atoms with Gasteiger partial charge in [0.1, 0.15) is 6.04 Å². The monoisotopic (exact) mass is 285 g/mol. The smallest absolute Gasteiger partial charge is 0.414 e. The zero-order valence-corrected chi connectivity index (χ0v) is 11.7. The number of benzene rings is 1. The Kier molecular flexibility index (Phi) is 6.32. The van der Waals surface area contributed by atoms with E-state index in [4.69, 9.17) is 11.6 Å². The summed E-state index contributed by atoms with van der Waals surface area (Å²) in [6, 6.07) is 7.49. The molecular weight excluding hydrogens is 268 g/mol. The molecule has 0 saturated carbocycles. The quantitative estimate of drug-likeness (QED) is 0.855. The van der Waals surface area contributed by atoms with Gasteiger partial charge in [-0.05, 0) is 19.9 Å². The van der Waals surface area contributed by atoms with Gasteiger partial charge in [-0.15, -0.1) is 0 Å². The lowest BCUT2D eigenvalue weighted by Gasteiger charge is -2.12. The molecule has 0 aliphatic carbocycles. The second-order valence-corrected chi connectivity index (χ2v) is 4.43. The van der Waals surface area contributed by atoms with Gasteiger partial charge >= 0.3 is 6.09 Å². The fraction of sp³-hybridized carbons (Fsp3) is 0.385. The lowest BCUT2D eigenvalue weighted by molar-refractivity contribution is -0.682. The van der Waals surface area contributed by atoms with Crippen LogP contribution in [0.15, 0.2) is 24.3 Å². The maximum atomic E-state index is 11.5. The van der Waals surface area contributed by atoms with Crippen LogP contribution in [0.4, 0.5) is 4.79 Å². The molecule has 0 aliphatic heterocycles. The van der Waals surface area contributed by atoms with Crippen molar-refractivity contribution >= 4 is 23.6 Å². The highest BCUT2D eigenvalue weighted by atomic mass is 35.5. The molecule has 0 bridgehead atoms. The van der Waals surface area contributed by atoms with Crippen molar-refractivity contribution in [2.75, 3.05) is 13.2 Å². The molecule has 1 rings (SSSR count). The third kappa shape index (κ3) is 5.28. The topological polar surface area (TPSA) is 72.0 Å². The van der Waals surface area contributed by atoms with Gasteiger partial charge in [0.05, 0.1) is 6.61 Å². The van der Waals surface area contributed by atoms with Crippen LogP contribution in [0.1, 0.15) is 25.5 Å². The molecule has 0 fully saturated rings. The van der Waals surface area contributed by atoms with Gasteiger partial charge in [0.15, 0.2) is 6.54 Å². The molecule has 0 aliphatic rings. The first-order chi connectivity index (χ1) is 9.04. The summed E-state index contributed by atoms with van der Waals surface area (Å²) in [6.07, 6.45) is -0.716. The summed E-state index contributed by atoms with van der Waals surface area (Å²) in [5.74, 6) is -0.391. The maximum Gasteiger partial charge on any atom is 0.414 e. The van der Waals surface area contributed by atoms with Crippen LogP contribution < -0.4 is 10.6 Å². The van der Waals surface area contributed by atoms with E-state index in [1.54, 1.807) is 18.3 Å². The van der Waals surface area contributed by atoms with Crippen molar-refractivity contribution in [2.24, 2.45) is 0 Å². The van der Waals surface area contributed by atoms with Crippen LogP contribution in [-0.4, -0.2) is 25.2 Å². The number of quaternary nitrogens is 1. The first-order valence-electron chi connectivity index (χ1n) is 6.09. The van der Waals surface area contributed by atoms with E-state index in [-0.39, 0.29) is 19.2 Å².